The maximum atomic E-state index is 9.61. The molecule has 0 saturated carbocycles. The van der Waals surface area contributed by atoms with E-state index in [0.717, 1.165) is 41.4 Å². The summed E-state index contributed by atoms with van der Waals surface area (Å²) in [7, 11) is 0. The number of oxazole rings is 1. The maximum absolute atomic E-state index is 9.61. The Morgan fingerprint density at radius 2 is 2.00 bits per heavy atom. The van der Waals surface area contributed by atoms with Gasteiger partial charge in [-0.2, -0.15) is 0 Å². The van der Waals surface area contributed by atoms with Crippen molar-refractivity contribution in [3.05, 3.63) is 65.5 Å². The molecule has 1 aromatic heterocycles. The third-order valence-corrected chi connectivity index (χ3v) is 4.40. The average Bonchev–Trinajstić information content (AvgIpc) is 2.86. The number of ether oxygens (including phenoxy) is 1. The fourth-order valence-corrected chi connectivity index (χ4v) is 3.04. The van der Waals surface area contributed by atoms with Crippen molar-refractivity contribution < 1.29 is 14.3 Å². The second-order valence-corrected chi connectivity index (χ2v) is 6.24. The molecule has 0 atom stereocenters. The van der Waals surface area contributed by atoms with E-state index in [1.807, 2.05) is 43.3 Å². The van der Waals surface area contributed by atoms with Crippen molar-refractivity contribution >= 4 is 0 Å². The number of hydrogen-bond acceptors (Lipinski definition) is 5. The number of hydrogen-bond donors (Lipinski definition) is 1. The summed E-state index contributed by atoms with van der Waals surface area (Å²) in [5.74, 6) is 2.48. The summed E-state index contributed by atoms with van der Waals surface area (Å²) in [6.45, 7) is 4.78. The van der Waals surface area contributed by atoms with Crippen LogP contribution in [0.1, 0.15) is 17.0 Å². The Kier molecular flexibility index (Phi) is 4.15. The molecule has 1 N–H and O–H groups in total. The lowest BCUT2D eigenvalue weighted by Gasteiger charge is -2.18. The lowest BCUT2D eigenvalue weighted by atomic mass is 10.2. The van der Waals surface area contributed by atoms with Gasteiger partial charge in [0.1, 0.15) is 23.9 Å². The van der Waals surface area contributed by atoms with Crippen LogP contribution in [0.4, 0.5) is 0 Å². The van der Waals surface area contributed by atoms with Crippen molar-refractivity contribution in [2.45, 2.75) is 20.0 Å². The first-order valence-corrected chi connectivity index (χ1v) is 8.38. The first-order chi connectivity index (χ1) is 12.2. The van der Waals surface area contributed by atoms with Crippen molar-refractivity contribution in [3.8, 4) is 23.0 Å². The highest BCUT2D eigenvalue weighted by atomic mass is 16.5. The Balaban J connectivity index is 1.54. The second kappa shape index (κ2) is 6.61. The molecule has 4 rings (SSSR count). The largest absolute Gasteiger partial charge is 0.508 e. The van der Waals surface area contributed by atoms with Gasteiger partial charge in [-0.15, -0.1) is 0 Å². The van der Waals surface area contributed by atoms with Gasteiger partial charge in [0.15, 0.2) is 0 Å². The average molecular weight is 336 g/mol. The molecule has 3 aromatic rings. The molecule has 1 aliphatic rings. The van der Waals surface area contributed by atoms with Crippen LogP contribution in [0.3, 0.4) is 0 Å². The fourth-order valence-electron chi connectivity index (χ4n) is 3.04. The van der Waals surface area contributed by atoms with Gasteiger partial charge in [0.05, 0.1) is 5.69 Å². The predicted molar refractivity (Wildman–Crippen MR) is 94.4 cm³/mol. The highest BCUT2D eigenvalue weighted by Gasteiger charge is 2.19. The SMILES string of the molecule is Cc1oc(-c2ccccc2)nc1CN1CCOc2cc(O)ccc2C1. The van der Waals surface area contributed by atoms with E-state index in [4.69, 9.17) is 9.15 Å². The molecule has 0 spiro atoms. The van der Waals surface area contributed by atoms with Crippen LogP contribution >= 0.6 is 0 Å². The predicted octanol–water partition coefficient (Wildman–Crippen LogP) is 3.75. The summed E-state index contributed by atoms with van der Waals surface area (Å²) in [5.41, 5.74) is 3.00. The Morgan fingerprint density at radius 1 is 1.16 bits per heavy atom. The molecule has 2 heterocycles. The fraction of sp³-hybridized carbons (Fsp3) is 0.250. The third-order valence-electron chi connectivity index (χ3n) is 4.40. The van der Waals surface area contributed by atoms with Gasteiger partial charge in [-0.05, 0) is 25.1 Å². The molecule has 0 fully saturated rings. The zero-order chi connectivity index (χ0) is 17.2. The first kappa shape index (κ1) is 15.7. The van der Waals surface area contributed by atoms with Crippen LogP contribution in [0.25, 0.3) is 11.5 Å². The van der Waals surface area contributed by atoms with E-state index in [-0.39, 0.29) is 5.75 Å². The summed E-state index contributed by atoms with van der Waals surface area (Å²) in [5, 5.41) is 9.61. The molecule has 0 unspecified atom stereocenters. The summed E-state index contributed by atoms with van der Waals surface area (Å²) in [6, 6.07) is 15.2. The number of aromatic nitrogens is 1. The van der Waals surface area contributed by atoms with Crippen LogP contribution in [0.5, 0.6) is 11.5 Å². The Labute approximate surface area is 146 Å². The van der Waals surface area contributed by atoms with Gasteiger partial charge in [0.25, 0.3) is 0 Å². The van der Waals surface area contributed by atoms with Gasteiger partial charge >= 0.3 is 0 Å². The van der Waals surface area contributed by atoms with Crippen molar-refractivity contribution in [3.63, 3.8) is 0 Å². The van der Waals surface area contributed by atoms with Crippen LogP contribution in [-0.2, 0) is 13.1 Å². The van der Waals surface area contributed by atoms with E-state index in [9.17, 15) is 5.11 Å². The van der Waals surface area contributed by atoms with Crippen molar-refractivity contribution in [2.75, 3.05) is 13.2 Å². The number of rotatable bonds is 3. The van der Waals surface area contributed by atoms with E-state index in [1.165, 1.54) is 0 Å². The molecule has 25 heavy (non-hydrogen) atoms. The van der Waals surface area contributed by atoms with Gasteiger partial charge in [-0.25, -0.2) is 4.98 Å². The molecular formula is C20H20N2O3. The van der Waals surface area contributed by atoms with Gasteiger partial charge in [-0.1, -0.05) is 24.3 Å². The lowest BCUT2D eigenvalue weighted by molar-refractivity contribution is 0.217. The van der Waals surface area contributed by atoms with E-state index < -0.39 is 0 Å². The highest BCUT2D eigenvalue weighted by Crippen LogP contribution is 2.28. The molecule has 2 aromatic carbocycles. The van der Waals surface area contributed by atoms with Crippen molar-refractivity contribution in [1.29, 1.82) is 0 Å². The number of aryl methyl sites for hydroxylation is 1. The molecule has 5 nitrogen and oxygen atoms in total. The Morgan fingerprint density at radius 3 is 2.84 bits per heavy atom. The second-order valence-electron chi connectivity index (χ2n) is 6.24. The summed E-state index contributed by atoms with van der Waals surface area (Å²) in [4.78, 5) is 6.97. The number of aromatic hydroxyl groups is 1. The number of phenols is 1. The van der Waals surface area contributed by atoms with Gasteiger partial charge in [0, 0.05) is 36.8 Å². The summed E-state index contributed by atoms with van der Waals surface area (Å²) < 4.78 is 11.6. The molecule has 128 valence electrons. The van der Waals surface area contributed by atoms with Gasteiger partial charge in [-0.3, -0.25) is 4.90 Å². The number of nitrogens with zero attached hydrogens (tertiary/aromatic N) is 2. The molecule has 1 aliphatic heterocycles. The molecule has 0 bridgehead atoms. The van der Waals surface area contributed by atoms with Gasteiger partial charge < -0.3 is 14.3 Å². The quantitative estimate of drug-likeness (QED) is 0.789. The highest BCUT2D eigenvalue weighted by molar-refractivity contribution is 5.53. The van der Waals surface area contributed by atoms with Crippen LogP contribution < -0.4 is 4.74 Å². The topological polar surface area (TPSA) is 58.7 Å². The third kappa shape index (κ3) is 3.37. The molecule has 0 saturated heterocycles. The first-order valence-electron chi connectivity index (χ1n) is 8.38. The van der Waals surface area contributed by atoms with E-state index in [0.29, 0.717) is 19.0 Å². The monoisotopic (exact) mass is 336 g/mol. The van der Waals surface area contributed by atoms with Crippen LogP contribution in [0.2, 0.25) is 0 Å². The molecule has 0 amide bonds. The normalized spacial score (nSPS) is 14.6. The van der Waals surface area contributed by atoms with Crippen LogP contribution in [0, 0.1) is 6.92 Å². The van der Waals surface area contributed by atoms with Crippen molar-refractivity contribution in [2.24, 2.45) is 0 Å². The Hall–Kier alpha value is -2.79. The minimum absolute atomic E-state index is 0.229. The molecule has 5 heteroatoms. The lowest BCUT2D eigenvalue weighted by Crippen LogP contribution is -2.25. The molecule has 0 radical (unpaired) electrons. The number of fused-ring (bicyclic) bond motifs is 1. The summed E-state index contributed by atoms with van der Waals surface area (Å²) in [6.07, 6.45) is 0. The summed E-state index contributed by atoms with van der Waals surface area (Å²) >= 11 is 0. The van der Waals surface area contributed by atoms with Crippen LogP contribution in [-0.4, -0.2) is 28.1 Å². The molecule has 0 aliphatic carbocycles. The smallest absolute Gasteiger partial charge is 0.226 e. The van der Waals surface area contributed by atoms with Gasteiger partial charge in [0.2, 0.25) is 5.89 Å². The molecular weight excluding hydrogens is 316 g/mol. The zero-order valence-corrected chi connectivity index (χ0v) is 14.1. The van der Waals surface area contributed by atoms with E-state index in [1.54, 1.807) is 12.1 Å². The standard InChI is InChI=1S/C20H20N2O3/c1-14-18(21-20(25-14)15-5-3-2-4-6-15)13-22-9-10-24-19-11-17(23)8-7-16(19)12-22/h2-8,11,23H,9-10,12-13H2,1H3. The van der Waals surface area contributed by atoms with Crippen molar-refractivity contribution in [1.82, 2.24) is 9.88 Å². The zero-order valence-electron chi connectivity index (χ0n) is 14.1. The number of benzene rings is 2. The maximum Gasteiger partial charge on any atom is 0.226 e. The van der Waals surface area contributed by atoms with E-state index >= 15 is 0 Å². The number of phenolic OH excluding ortho intramolecular Hbond substituents is 1. The van der Waals surface area contributed by atoms with E-state index in [2.05, 4.69) is 9.88 Å². The minimum atomic E-state index is 0.229. The minimum Gasteiger partial charge on any atom is -0.508 e. The Bertz CT molecular complexity index is 874. The van der Waals surface area contributed by atoms with Crippen LogP contribution in [0.15, 0.2) is 52.9 Å².